The van der Waals surface area contributed by atoms with Crippen molar-refractivity contribution in [3.63, 3.8) is 0 Å². The first-order valence-electron chi connectivity index (χ1n) is 5.72. The molecule has 0 saturated carbocycles. The van der Waals surface area contributed by atoms with Gasteiger partial charge in [-0.25, -0.2) is 0 Å². The van der Waals surface area contributed by atoms with Crippen LogP contribution in [0.1, 0.15) is 6.42 Å². The Morgan fingerprint density at radius 3 is 2.79 bits per heavy atom. The number of carbonyl (C=O) groups excluding carboxylic acids is 1. The lowest BCUT2D eigenvalue weighted by Gasteiger charge is -2.16. The molecular formula is C12H15ClN2O4. The molecule has 1 rings (SSSR count). The van der Waals surface area contributed by atoms with Crippen molar-refractivity contribution in [3.8, 4) is 5.75 Å². The number of halogens is 1. The van der Waals surface area contributed by atoms with Gasteiger partial charge < -0.3 is 9.64 Å². The third-order valence-electron chi connectivity index (χ3n) is 2.48. The first-order chi connectivity index (χ1) is 9.06. The van der Waals surface area contributed by atoms with Gasteiger partial charge in [-0.2, -0.15) is 0 Å². The molecule has 0 fully saturated rings. The Kier molecular flexibility index (Phi) is 6.08. The number of hydrogen-bond donors (Lipinski definition) is 0. The molecule has 0 aliphatic rings. The number of ether oxygens (including phenoxy) is 1. The fourth-order valence-electron chi connectivity index (χ4n) is 1.42. The average molecular weight is 287 g/mol. The Morgan fingerprint density at radius 1 is 1.47 bits per heavy atom. The number of nitrogens with zero attached hydrogens (tertiary/aromatic N) is 2. The summed E-state index contributed by atoms with van der Waals surface area (Å²) in [5.74, 6) is 0.389. The lowest BCUT2D eigenvalue weighted by atomic mass is 10.3. The Hall–Kier alpha value is -1.82. The highest BCUT2D eigenvalue weighted by Crippen LogP contribution is 2.25. The topological polar surface area (TPSA) is 72.7 Å². The second-order valence-corrected chi connectivity index (χ2v) is 4.21. The van der Waals surface area contributed by atoms with Gasteiger partial charge in [0.05, 0.1) is 11.5 Å². The van der Waals surface area contributed by atoms with Gasteiger partial charge in [0.25, 0.3) is 0 Å². The van der Waals surface area contributed by atoms with Crippen molar-refractivity contribution >= 4 is 23.2 Å². The Bertz CT molecular complexity index is 453. The molecule has 0 heterocycles. The van der Waals surface area contributed by atoms with Crippen LogP contribution < -0.4 is 4.74 Å². The summed E-state index contributed by atoms with van der Waals surface area (Å²) in [5.41, 5.74) is -0.0859. The first kappa shape index (κ1) is 15.2. The number of nitro benzene ring substituents is 1. The second kappa shape index (κ2) is 7.58. The number of carbonyl (C=O) groups is 1. The van der Waals surface area contributed by atoms with Crippen LogP contribution in [-0.2, 0) is 4.79 Å². The van der Waals surface area contributed by atoms with Crippen LogP contribution in [0.15, 0.2) is 24.3 Å². The number of alkyl halides is 1. The van der Waals surface area contributed by atoms with E-state index in [4.69, 9.17) is 16.3 Å². The third kappa shape index (κ3) is 4.75. The van der Waals surface area contributed by atoms with E-state index in [2.05, 4.69) is 0 Å². The van der Waals surface area contributed by atoms with Crippen LogP contribution in [0, 0.1) is 10.1 Å². The second-order valence-electron chi connectivity index (χ2n) is 3.83. The van der Waals surface area contributed by atoms with Gasteiger partial charge in [-0.15, -0.1) is 11.6 Å². The van der Waals surface area contributed by atoms with Gasteiger partial charge in [0.2, 0.25) is 5.91 Å². The van der Waals surface area contributed by atoms with Crippen LogP contribution >= 0.6 is 11.6 Å². The normalized spacial score (nSPS) is 10.0. The van der Waals surface area contributed by atoms with Crippen LogP contribution in [0.3, 0.4) is 0 Å². The molecule has 0 atom stereocenters. The summed E-state index contributed by atoms with van der Waals surface area (Å²) in [6, 6.07) is 6.13. The zero-order valence-corrected chi connectivity index (χ0v) is 11.3. The van der Waals surface area contributed by atoms with Crippen molar-refractivity contribution in [2.24, 2.45) is 0 Å². The van der Waals surface area contributed by atoms with Crippen LogP contribution in [0.5, 0.6) is 5.75 Å². The van der Waals surface area contributed by atoms with Gasteiger partial charge in [-0.3, -0.25) is 14.9 Å². The highest BCUT2D eigenvalue weighted by Gasteiger charge is 2.14. The quantitative estimate of drug-likeness (QED) is 0.437. The van der Waals surface area contributed by atoms with Gasteiger partial charge in [0, 0.05) is 25.4 Å². The largest absolute Gasteiger partial charge is 0.485 e. The summed E-state index contributed by atoms with van der Waals surface area (Å²) in [5, 5.41) is 10.8. The molecule has 1 amide bonds. The Morgan fingerprint density at radius 2 is 2.16 bits per heavy atom. The number of rotatable bonds is 7. The van der Waals surface area contributed by atoms with E-state index >= 15 is 0 Å². The standard InChI is InChI=1S/C12H15ClN2O4/c1-14(12(16)6-7-13)8-9-19-11-5-3-2-4-10(11)15(17)18/h2-5H,6-9H2,1H3. The Labute approximate surface area is 116 Å². The number of amides is 1. The zero-order chi connectivity index (χ0) is 14.3. The van der Waals surface area contributed by atoms with E-state index in [1.165, 1.54) is 17.0 Å². The number of nitro groups is 1. The molecule has 0 aliphatic carbocycles. The molecular weight excluding hydrogens is 272 g/mol. The van der Waals surface area contributed by atoms with Gasteiger partial charge in [-0.05, 0) is 6.07 Å². The molecule has 19 heavy (non-hydrogen) atoms. The molecule has 0 aliphatic heterocycles. The number of hydrogen-bond acceptors (Lipinski definition) is 4. The van der Waals surface area contributed by atoms with Gasteiger partial charge in [0.15, 0.2) is 5.75 Å². The minimum absolute atomic E-state index is 0.0823. The van der Waals surface area contributed by atoms with Crippen molar-refractivity contribution in [1.29, 1.82) is 0 Å². The molecule has 0 saturated heterocycles. The summed E-state index contributed by atoms with van der Waals surface area (Å²) in [6.45, 7) is 0.539. The molecule has 7 heteroatoms. The summed E-state index contributed by atoms with van der Waals surface area (Å²) in [6.07, 6.45) is 0.267. The van der Waals surface area contributed by atoms with Crippen molar-refractivity contribution in [2.75, 3.05) is 26.1 Å². The molecule has 104 valence electrons. The summed E-state index contributed by atoms with van der Waals surface area (Å²) < 4.78 is 5.33. The monoisotopic (exact) mass is 286 g/mol. The SMILES string of the molecule is CN(CCOc1ccccc1[N+](=O)[O-])C(=O)CCCl. The number of likely N-dealkylation sites (N-methyl/N-ethyl adjacent to an activating group) is 1. The zero-order valence-electron chi connectivity index (χ0n) is 10.5. The summed E-state index contributed by atoms with van der Waals surface area (Å²) >= 11 is 5.47. The van der Waals surface area contributed by atoms with E-state index in [1.807, 2.05) is 0 Å². The van der Waals surface area contributed by atoms with E-state index < -0.39 is 4.92 Å². The lowest BCUT2D eigenvalue weighted by Crippen LogP contribution is -2.30. The van der Waals surface area contributed by atoms with Gasteiger partial charge in [0.1, 0.15) is 6.61 Å². The summed E-state index contributed by atoms with van der Waals surface area (Å²) in [4.78, 5) is 23.2. The molecule has 0 bridgehead atoms. The molecule has 0 unspecified atom stereocenters. The molecule has 0 N–H and O–H groups in total. The molecule has 0 aromatic heterocycles. The van der Waals surface area contributed by atoms with E-state index in [0.29, 0.717) is 6.54 Å². The average Bonchev–Trinajstić information content (AvgIpc) is 2.39. The van der Waals surface area contributed by atoms with E-state index in [-0.39, 0.29) is 36.3 Å². The van der Waals surface area contributed by atoms with E-state index in [9.17, 15) is 14.9 Å². The third-order valence-corrected chi connectivity index (χ3v) is 2.67. The predicted octanol–water partition coefficient (Wildman–Crippen LogP) is 2.06. The van der Waals surface area contributed by atoms with E-state index in [1.54, 1.807) is 19.2 Å². The Balaban J connectivity index is 2.49. The number of para-hydroxylation sites is 2. The molecule has 1 aromatic rings. The molecule has 0 spiro atoms. The van der Waals surface area contributed by atoms with Crippen molar-refractivity contribution in [1.82, 2.24) is 4.90 Å². The smallest absolute Gasteiger partial charge is 0.310 e. The van der Waals surface area contributed by atoms with Gasteiger partial charge >= 0.3 is 5.69 Å². The van der Waals surface area contributed by atoms with Crippen LogP contribution in [0.4, 0.5) is 5.69 Å². The minimum atomic E-state index is -0.502. The van der Waals surface area contributed by atoms with Crippen LogP contribution in [0.25, 0.3) is 0 Å². The maximum atomic E-state index is 11.4. The molecule has 6 nitrogen and oxygen atoms in total. The van der Waals surface area contributed by atoms with Crippen molar-refractivity contribution in [2.45, 2.75) is 6.42 Å². The van der Waals surface area contributed by atoms with E-state index in [0.717, 1.165) is 0 Å². The summed E-state index contributed by atoms with van der Waals surface area (Å²) in [7, 11) is 1.64. The maximum absolute atomic E-state index is 11.4. The minimum Gasteiger partial charge on any atom is -0.485 e. The fourth-order valence-corrected chi connectivity index (χ4v) is 1.58. The predicted molar refractivity (Wildman–Crippen MR) is 71.6 cm³/mol. The van der Waals surface area contributed by atoms with Gasteiger partial charge in [-0.1, -0.05) is 12.1 Å². The lowest BCUT2D eigenvalue weighted by molar-refractivity contribution is -0.385. The highest BCUT2D eigenvalue weighted by atomic mass is 35.5. The maximum Gasteiger partial charge on any atom is 0.310 e. The first-order valence-corrected chi connectivity index (χ1v) is 6.26. The highest BCUT2D eigenvalue weighted by molar-refractivity contribution is 6.18. The van der Waals surface area contributed by atoms with Crippen LogP contribution in [-0.4, -0.2) is 41.8 Å². The van der Waals surface area contributed by atoms with Crippen molar-refractivity contribution < 1.29 is 14.5 Å². The molecule has 1 aromatic carbocycles. The van der Waals surface area contributed by atoms with Crippen molar-refractivity contribution in [3.05, 3.63) is 34.4 Å². The number of benzene rings is 1. The van der Waals surface area contributed by atoms with Crippen LogP contribution in [0.2, 0.25) is 0 Å². The molecule has 0 radical (unpaired) electrons. The fraction of sp³-hybridized carbons (Fsp3) is 0.417.